The Hall–Kier alpha value is -1.65. The van der Waals surface area contributed by atoms with Crippen molar-refractivity contribution in [3.63, 3.8) is 0 Å². The molecule has 0 aromatic carbocycles. The number of rotatable bonds is 8. The van der Waals surface area contributed by atoms with Gasteiger partial charge in [0.25, 0.3) is 5.91 Å². The molecule has 1 aromatic heterocycles. The van der Waals surface area contributed by atoms with Crippen LogP contribution in [0.15, 0.2) is 12.3 Å². The first-order chi connectivity index (χ1) is 10.0. The number of carbonyl (C=O) groups is 1. The van der Waals surface area contributed by atoms with Gasteiger partial charge in [0.05, 0.1) is 5.56 Å². The molecule has 0 radical (unpaired) electrons. The van der Waals surface area contributed by atoms with Gasteiger partial charge >= 0.3 is 0 Å². The van der Waals surface area contributed by atoms with Crippen LogP contribution in [-0.4, -0.2) is 34.9 Å². The molecule has 21 heavy (non-hydrogen) atoms. The number of halogens is 1. The van der Waals surface area contributed by atoms with E-state index in [0.717, 1.165) is 19.3 Å². The second-order valence-corrected chi connectivity index (χ2v) is 5.35. The quantitative estimate of drug-likeness (QED) is 0.744. The molecule has 118 valence electrons. The molecule has 0 atom stereocenters. The monoisotopic (exact) mass is 295 g/mol. The fraction of sp³-hybridized carbons (Fsp3) is 0.625. The molecule has 0 aliphatic rings. The first-order valence-corrected chi connectivity index (χ1v) is 7.72. The average molecular weight is 295 g/mol. The van der Waals surface area contributed by atoms with Gasteiger partial charge in [-0.15, -0.1) is 0 Å². The third kappa shape index (κ3) is 4.69. The summed E-state index contributed by atoms with van der Waals surface area (Å²) in [6, 6.07) is 1.50. The Morgan fingerprint density at radius 3 is 2.67 bits per heavy atom. The predicted octanol–water partition coefficient (Wildman–Crippen LogP) is 3.69. The largest absolute Gasteiger partial charge is 0.368 e. The Balaban J connectivity index is 2.95. The van der Waals surface area contributed by atoms with E-state index < -0.39 is 5.82 Å². The van der Waals surface area contributed by atoms with Crippen LogP contribution in [0.25, 0.3) is 0 Å². The van der Waals surface area contributed by atoms with Crippen LogP contribution in [0.4, 0.5) is 10.2 Å². The molecule has 1 rings (SSSR count). The van der Waals surface area contributed by atoms with Gasteiger partial charge in [-0.3, -0.25) is 4.79 Å². The fourth-order valence-corrected chi connectivity index (χ4v) is 2.18. The van der Waals surface area contributed by atoms with E-state index in [1.165, 1.54) is 12.3 Å². The lowest BCUT2D eigenvalue weighted by Crippen LogP contribution is -2.38. The lowest BCUT2D eigenvalue weighted by molar-refractivity contribution is 0.0697. The molecular weight excluding hydrogens is 269 g/mol. The third-order valence-electron chi connectivity index (χ3n) is 3.35. The topological polar surface area (TPSA) is 45.2 Å². The van der Waals surface area contributed by atoms with E-state index in [0.29, 0.717) is 13.1 Å². The van der Waals surface area contributed by atoms with E-state index in [2.05, 4.69) is 17.2 Å². The van der Waals surface area contributed by atoms with Gasteiger partial charge in [0, 0.05) is 25.3 Å². The third-order valence-corrected chi connectivity index (χ3v) is 3.35. The smallest absolute Gasteiger partial charge is 0.257 e. The summed E-state index contributed by atoms with van der Waals surface area (Å²) in [4.78, 5) is 18.2. The highest BCUT2D eigenvalue weighted by atomic mass is 19.1. The first kappa shape index (κ1) is 17.4. The van der Waals surface area contributed by atoms with Gasteiger partial charge in [-0.05, 0) is 33.3 Å². The zero-order chi connectivity index (χ0) is 15.8. The summed E-state index contributed by atoms with van der Waals surface area (Å²) in [5, 5.41) is 2.83. The van der Waals surface area contributed by atoms with Gasteiger partial charge in [-0.1, -0.05) is 19.8 Å². The first-order valence-electron chi connectivity index (χ1n) is 7.72. The second-order valence-electron chi connectivity index (χ2n) is 5.35. The Morgan fingerprint density at radius 2 is 2.10 bits per heavy atom. The molecular formula is C16H26FN3O. The van der Waals surface area contributed by atoms with Gasteiger partial charge in [0.15, 0.2) is 11.6 Å². The van der Waals surface area contributed by atoms with Crippen LogP contribution in [0.1, 0.15) is 57.3 Å². The molecule has 1 aromatic rings. The van der Waals surface area contributed by atoms with Crippen LogP contribution in [-0.2, 0) is 0 Å². The summed E-state index contributed by atoms with van der Waals surface area (Å²) in [7, 11) is 0. The molecule has 1 N–H and O–H groups in total. The Bertz CT molecular complexity index is 463. The summed E-state index contributed by atoms with van der Waals surface area (Å²) in [5.41, 5.74) is 0.0890. The number of hydrogen-bond donors (Lipinski definition) is 1. The van der Waals surface area contributed by atoms with Gasteiger partial charge in [-0.25, -0.2) is 9.37 Å². The number of hydrogen-bond acceptors (Lipinski definition) is 3. The maximum absolute atomic E-state index is 14.3. The highest BCUT2D eigenvalue weighted by molar-refractivity contribution is 5.95. The van der Waals surface area contributed by atoms with Gasteiger partial charge in [0.2, 0.25) is 0 Å². The van der Waals surface area contributed by atoms with Crippen LogP contribution in [0.5, 0.6) is 0 Å². The van der Waals surface area contributed by atoms with E-state index in [-0.39, 0.29) is 23.3 Å². The molecule has 0 aliphatic heterocycles. The normalized spacial score (nSPS) is 10.8. The van der Waals surface area contributed by atoms with Crippen LogP contribution in [0, 0.1) is 5.82 Å². The van der Waals surface area contributed by atoms with Crippen LogP contribution in [0.2, 0.25) is 0 Å². The molecule has 0 unspecified atom stereocenters. The number of amides is 1. The predicted molar refractivity (Wildman–Crippen MR) is 84.1 cm³/mol. The van der Waals surface area contributed by atoms with Crippen molar-refractivity contribution in [2.75, 3.05) is 18.4 Å². The molecule has 1 amide bonds. The van der Waals surface area contributed by atoms with Gasteiger partial charge in [0.1, 0.15) is 0 Å². The number of aromatic nitrogens is 1. The molecule has 5 heteroatoms. The van der Waals surface area contributed by atoms with E-state index in [9.17, 15) is 9.18 Å². The molecule has 0 spiro atoms. The lowest BCUT2D eigenvalue weighted by atomic mass is 10.1. The number of pyridine rings is 1. The summed E-state index contributed by atoms with van der Waals surface area (Å²) < 4.78 is 14.3. The minimum atomic E-state index is -0.564. The average Bonchev–Trinajstić information content (AvgIpc) is 2.45. The van der Waals surface area contributed by atoms with Crippen molar-refractivity contribution < 1.29 is 9.18 Å². The standard InChI is InChI=1S/C16H26FN3O/c1-5-7-8-11-20(12(3)4)16(21)13-9-10-19-15(14(13)17)18-6-2/h9-10,12H,5-8,11H2,1-4H3,(H,18,19). The lowest BCUT2D eigenvalue weighted by Gasteiger charge is -2.27. The summed E-state index contributed by atoms with van der Waals surface area (Å²) in [6.07, 6.45) is 4.57. The van der Waals surface area contributed by atoms with Crippen molar-refractivity contribution in [1.82, 2.24) is 9.88 Å². The van der Waals surface area contributed by atoms with E-state index in [4.69, 9.17) is 0 Å². The Morgan fingerprint density at radius 1 is 1.38 bits per heavy atom. The molecule has 4 nitrogen and oxygen atoms in total. The molecule has 1 heterocycles. The summed E-state index contributed by atoms with van der Waals surface area (Å²) >= 11 is 0. The summed E-state index contributed by atoms with van der Waals surface area (Å²) in [5.74, 6) is -0.689. The maximum atomic E-state index is 14.3. The van der Waals surface area contributed by atoms with Crippen LogP contribution < -0.4 is 5.32 Å². The summed E-state index contributed by atoms with van der Waals surface area (Å²) in [6.45, 7) is 9.10. The SMILES string of the molecule is CCCCCN(C(=O)c1ccnc(NCC)c1F)C(C)C. The zero-order valence-electron chi connectivity index (χ0n) is 13.4. The molecule has 0 saturated carbocycles. The minimum Gasteiger partial charge on any atom is -0.368 e. The van der Waals surface area contributed by atoms with Crippen LogP contribution >= 0.6 is 0 Å². The van der Waals surface area contributed by atoms with Crippen molar-refractivity contribution in [2.24, 2.45) is 0 Å². The van der Waals surface area contributed by atoms with Crippen molar-refractivity contribution >= 4 is 11.7 Å². The minimum absolute atomic E-state index is 0.0458. The van der Waals surface area contributed by atoms with E-state index in [1.807, 2.05) is 20.8 Å². The number of nitrogens with zero attached hydrogens (tertiary/aromatic N) is 2. The molecule has 0 saturated heterocycles. The fourth-order valence-electron chi connectivity index (χ4n) is 2.18. The number of carbonyl (C=O) groups excluding carboxylic acids is 1. The van der Waals surface area contributed by atoms with Crippen molar-refractivity contribution in [2.45, 2.75) is 53.0 Å². The highest BCUT2D eigenvalue weighted by Crippen LogP contribution is 2.18. The maximum Gasteiger partial charge on any atom is 0.257 e. The number of nitrogens with one attached hydrogen (secondary N) is 1. The van der Waals surface area contributed by atoms with Crippen molar-refractivity contribution in [3.05, 3.63) is 23.6 Å². The molecule has 0 bridgehead atoms. The Labute approximate surface area is 126 Å². The second kappa shape index (κ2) is 8.60. The molecule has 0 aliphatic carbocycles. The zero-order valence-corrected chi connectivity index (χ0v) is 13.4. The number of unbranched alkanes of at least 4 members (excludes halogenated alkanes) is 2. The van der Waals surface area contributed by atoms with Crippen molar-refractivity contribution in [1.29, 1.82) is 0 Å². The highest BCUT2D eigenvalue weighted by Gasteiger charge is 2.23. The van der Waals surface area contributed by atoms with E-state index in [1.54, 1.807) is 4.90 Å². The van der Waals surface area contributed by atoms with Gasteiger partial charge in [-0.2, -0.15) is 0 Å². The Kier molecular flexibility index (Phi) is 7.12. The molecule has 0 fully saturated rings. The van der Waals surface area contributed by atoms with Crippen LogP contribution in [0.3, 0.4) is 0 Å². The van der Waals surface area contributed by atoms with Crippen molar-refractivity contribution in [3.8, 4) is 0 Å². The van der Waals surface area contributed by atoms with Gasteiger partial charge < -0.3 is 10.2 Å². The number of anilines is 1. The van der Waals surface area contributed by atoms with E-state index >= 15 is 0 Å².